The monoisotopic (exact) mass is 240 g/mol. The summed E-state index contributed by atoms with van der Waals surface area (Å²) in [4.78, 5) is 15.9. The lowest BCUT2D eigenvalue weighted by atomic mass is 10.1. The zero-order valence-electron chi connectivity index (χ0n) is 9.65. The SMILES string of the molecule is CSc1ncccc1C(=O)NCC(C)(C)O. The quantitative estimate of drug-likeness (QED) is 0.779. The van der Waals surface area contributed by atoms with Gasteiger partial charge in [-0.05, 0) is 32.2 Å². The third kappa shape index (κ3) is 3.83. The second-order valence-electron chi connectivity index (χ2n) is 4.06. The summed E-state index contributed by atoms with van der Waals surface area (Å²) in [7, 11) is 0. The first-order valence-corrected chi connectivity index (χ1v) is 6.16. The molecule has 0 unspecified atom stereocenters. The number of carbonyl (C=O) groups excluding carboxylic acids is 1. The Morgan fingerprint density at radius 2 is 2.31 bits per heavy atom. The number of pyridine rings is 1. The van der Waals surface area contributed by atoms with Gasteiger partial charge in [-0.15, -0.1) is 11.8 Å². The van der Waals surface area contributed by atoms with Gasteiger partial charge in [-0.25, -0.2) is 4.98 Å². The van der Waals surface area contributed by atoms with Crippen molar-refractivity contribution in [3.05, 3.63) is 23.9 Å². The number of aliphatic hydroxyl groups is 1. The van der Waals surface area contributed by atoms with Gasteiger partial charge in [0.25, 0.3) is 5.91 Å². The largest absolute Gasteiger partial charge is 0.389 e. The molecule has 2 N–H and O–H groups in total. The van der Waals surface area contributed by atoms with Crippen molar-refractivity contribution < 1.29 is 9.90 Å². The summed E-state index contributed by atoms with van der Waals surface area (Å²) in [6, 6.07) is 3.44. The van der Waals surface area contributed by atoms with Gasteiger partial charge in [0.2, 0.25) is 0 Å². The van der Waals surface area contributed by atoms with Gasteiger partial charge in [0.1, 0.15) is 5.03 Å². The fourth-order valence-electron chi connectivity index (χ4n) is 1.12. The van der Waals surface area contributed by atoms with Crippen molar-refractivity contribution in [3.63, 3.8) is 0 Å². The lowest BCUT2D eigenvalue weighted by molar-refractivity contribution is 0.0692. The maximum absolute atomic E-state index is 11.8. The van der Waals surface area contributed by atoms with E-state index >= 15 is 0 Å². The first kappa shape index (κ1) is 13.0. The van der Waals surface area contributed by atoms with E-state index in [2.05, 4.69) is 10.3 Å². The number of aromatic nitrogens is 1. The van der Waals surface area contributed by atoms with Gasteiger partial charge in [0.15, 0.2) is 0 Å². The van der Waals surface area contributed by atoms with E-state index in [1.165, 1.54) is 11.8 Å². The molecule has 0 fully saturated rings. The van der Waals surface area contributed by atoms with Crippen LogP contribution in [0.15, 0.2) is 23.4 Å². The number of rotatable bonds is 4. The Morgan fingerprint density at radius 3 is 2.88 bits per heavy atom. The van der Waals surface area contributed by atoms with Crippen LogP contribution in [0.25, 0.3) is 0 Å². The molecule has 88 valence electrons. The standard InChI is InChI=1S/C11H16N2O2S/c1-11(2,15)7-13-9(14)8-5-4-6-12-10(8)16-3/h4-6,15H,7H2,1-3H3,(H,13,14). The smallest absolute Gasteiger partial charge is 0.254 e. The lowest BCUT2D eigenvalue weighted by Gasteiger charge is -2.17. The summed E-state index contributed by atoms with van der Waals surface area (Å²) in [5.74, 6) is -0.209. The summed E-state index contributed by atoms with van der Waals surface area (Å²) in [6.07, 6.45) is 3.52. The maximum Gasteiger partial charge on any atom is 0.254 e. The molecule has 0 bridgehead atoms. The molecule has 0 atom stereocenters. The first-order valence-electron chi connectivity index (χ1n) is 4.93. The van der Waals surface area contributed by atoms with E-state index in [1.807, 2.05) is 6.26 Å². The maximum atomic E-state index is 11.8. The van der Waals surface area contributed by atoms with Gasteiger partial charge < -0.3 is 10.4 Å². The second-order valence-corrected chi connectivity index (χ2v) is 4.85. The van der Waals surface area contributed by atoms with Crippen LogP contribution in [-0.2, 0) is 0 Å². The van der Waals surface area contributed by atoms with Crippen LogP contribution >= 0.6 is 11.8 Å². The summed E-state index contributed by atoms with van der Waals surface area (Å²) in [5.41, 5.74) is -0.364. The topological polar surface area (TPSA) is 62.2 Å². The van der Waals surface area contributed by atoms with Crippen LogP contribution in [0, 0.1) is 0 Å². The highest BCUT2D eigenvalue weighted by molar-refractivity contribution is 7.98. The van der Waals surface area contributed by atoms with E-state index in [0.717, 1.165) is 0 Å². The van der Waals surface area contributed by atoms with Gasteiger partial charge in [0, 0.05) is 12.7 Å². The molecule has 1 heterocycles. The van der Waals surface area contributed by atoms with E-state index in [4.69, 9.17) is 0 Å². The molecule has 1 aromatic heterocycles. The average molecular weight is 240 g/mol. The van der Waals surface area contributed by atoms with Gasteiger partial charge in [-0.1, -0.05) is 0 Å². The van der Waals surface area contributed by atoms with Gasteiger partial charge in [0.05, 0.1) is 11.2 Å². The zero-order chi connectivity index (χ0) is 12.2. The van der Waals surface area contributed by atoms with E-state index < -0.39 is 5.60 Å². The van der Waals surface area contributed by atoms with Crippen molar-refractivity contribution in [2.75, 3.05) is 12.8 Å². The number of amides is 1. The predicted octanol–water partition coefficient (Wildman–Crippen LogP) is 1.30. The normalized spacial score (nSPS) is 11.2. The Morgan fingerprint density at radius 1 is 1.62 bits per heavy atom. The van der Waals surface area contributed by atoms with Gasteiger partial charge in [-0.2, -0.15) is 0 Å². The summed E-state index contributed by atoms with van der Waals surface area (Å²) in [6.45, 7) is 3.51. The van der Waals surface area contributed by atoms with Crippen molar-refractivity contribution in [3.8, 4) is 0 Å². The molecular weight excluding hydrogens is 224 g/mol. The molecule has 0 spiro atoms. The van der Waals surface area contributed by atoms with Crippen molar-refractivity contribution in [2.45, 2.75) is 24.5 Å². The molecule has 0 saturated carbocycles. The van der Waals surface area contributed by atoms with Crippen LogP contribution in [0.1, 0.15) is 24.2 Å². The van der Waals surface area contributed by atoms with Crippen LogP contribution in [0.3, 0.4) is 0 Å². The Bertz CT molecular complexity index is 374. The lowest BCUT2D eigenvalue weighted by Crippen LogP contribution is -2.38. The van der Waals surface area contributed by atoms with Crippen LogP contribution < -0.4 is 5.32 Å². The highest BCUT2D eigenvalue weighted by atomic mass is 32.2. The Kier molecular flexibility index (Phi) is 4.32. The minimum absolute atomic E-state index is 0.209. The Balaban J connectivity index is 2.73. The van der Waals surface area contributed by atoms with E-state index in [1.54, 1.807) is 32.2 Å². The third-order valence-corrected chi connectivity index (χ3v) is 2.60. The molecule has 0 saturated heterocycles. The van der Waals surface area contributed by atoms with E-state index in [-0.39, 0.29) is 12.5 Å². The van der Waals surface area contributed by atoms with Crippen molar-refractivity contribution in [1.29, 1.82) is 0 Å². The number of hydrogen-bond acceptors (Lipinski definition) is 4. The number of carbonyl (C=O) groups is 1. The van der Waals surface area contributed by atoms with Crippen LogP contribution in [0.2, 0.25) is 0 Å². The molecule has 0 aliphatic carbocycles. The second kappa shape index (κ2) is 5.32. The molecule has 16 heavy (non-hydrogen) atoms. The molecule has 0 aliphatic rings. The Labute approximate surface area is 99.5 Å². The minimum atomic E-state index is -0.905. The fourth-order valence-corrected chi connectivity index (χ4v) is 1.67. The van der Waals surface area contributed by atoms with Gasteiger partial charge >= 0.3 is 0 Å². The molecule has 1 aromatic rings. The summed E-state index contributed by atoms with van der Waals surface area (Å²) in [5, 5.41) is 12.9. The Hall–Kier alpha value is -1.07. The molecule has 5 heteroatoms. The number of nitrogens with one attached hydrogen (secondary N) is 1. The van der Waals surface area contributed by atoms with Crippen LogP contribution in [0.4, 0.5) is 0 Å². The molecule has 0 radical (unpaired) electrons. The highest BCUT2D eigenvalue weighted by Gasteiger charge is 2.16. The number of nitrogens with zero attached hydrogens (tertiary/aromatic N) is 1. The van der Waals surface area contributed by atoms with E-state index in [0.29, 0.717) is 10.6 Å². The van der Waals surface area contributed by atoms with Crippen molar-refractivity contribution in [1.82, 2.24) is 10.3 Å². The summed E-state index contributed by atoms with van der Waals surface area (Å²) >= 11 is 1.42. The third-order valence-electron chi connectivity index (χ3n) is 1.89. The average Bonchev–Trinajstić information content (AvgIpc) is 2.25. The zero-order valence-corrected chi connectivity index (χ0v) is 10.5. The van der Waals surface area contributed by atoms with Crippen molar-refractivity contribution >= 4 is 17.7 Å². The fraction of sp³-hybridized carbons (Fsp3) is 0.455. The first-order chi connectivity index (χ1) is 7.44. The van der Waals surface area contributed by atoms with Crippen LogP contribution in [-0.4, -0.2) is 34.4 Å². The minimum Gasteiger partial charge on any atom is -0.389 e. The molecular formula is C11H16N2O2S. The number of hydrogen-bond donors (Lipinski definition) is 2. The van der Waals surface area contributed by atoms with E-state index in [9.17, 15) is 9.90 Å². The molecule has 4 nitrogen and oxygen atoms in total. The van der Waals surface area contributed by atoms with Crippen molar-refractivity contribution in [2.24, 2.45) is 0 Å². The molecule has 1 rings (SSSR count). The number of thioether (sulfide) groups is 1. The molecule has 1 amide bonds. The molecule has 0 aromatic carbocycles. The van der Waals surface area contributed by atoms with Gasteiger partial charge in [-0.3, -0.25) is 4.79 Å². The van der Waals surface area contributed by atoms with Crippen LogP contribution in [0.5, 0.6) is 0 Å². The summed E-state index contributed by atoms with van der Waals surface area (Å²) < 4.78 is 0. The predicted molar refractivity (Wildman–Crippen MR) is 64.6 cm³/mol. The molecule has 0 aliphatic heterocycles. The highest BCUT2D eigenvalue weighted by Crippen LogP contribution is 2.16.